The number of carbonyl (C=O) groups excluding carboxylic acids is 1. The second-order valence-electron chi connectivity index (χ2n) is 8.87. The molecule has 1 aromatic heterocycles. The zero-order valence-corrected chi connectivity index (χ0v) is 22.9. The van der Waals surface area contributed by atoms with Gasteiger partial charge in [-0.05, 0) is 60.6 Å². The van der Waals surface area contributed by atoms with Gasteiger partial charge in [-0.15, -0.1) is 0 Å². The van der Waals surface area contributed by atoms with Gasteiger partial charge in [0.05, 0.1) is 27.2 Å². The highest BCUT2D eigenvalue weighted by molar-refractivity contribution is 14.1. The number of esters is 1. The number of fused-ring (bicyclic) bond motifs is 1. The Hall–Kier alpha value is -2.16. The SMILES string of the molecule is CCCCCCCCCCc1oc(=O)c2c(c1I)OC(C)=C(C(=O)OCC)C2c1cccc(F)c1. The summed E-state index contributed by atoms with van der Waals surface area (Å²) < 4.78 is 31.9. The third-order valence-electron chi connectivity index (χ3n) is 6.27. The molecule has 0 saturated carbocycles. The third kappa shape index (κ3) is 6.74. The molecule has 1 aliphatic rings. The number of halogens is 2. The summed E-state index contributed by atoms with van der Waals surface area (Å²) in [6.45, 7) is 5.76. The maximum absolute atomic E-state index is 14.1. The van der Waals surface area contributed by atoms with E-state index in [1.165, 1.54) is 50.7 Å². The van der Waals surface area contributed by atoms with E-state index in [9.17, 15) is 14.0 Å². The molecule has 0 radical (unpaired) electrons. The lowest BCUT2D eigenvalue weighted by Gasteiger charge is -2.29. The van der Waals surface area contributed by atoms with Gasteiger partial charge in [-0.2, -0.15) is 0 Å². The van der Waals surface area contributed by atoms with Crippen LogP contribution in [0.3, 0.4) is 0 Å². The van der Waals surface area contributed by atoms with Crippen molar-refractivity contribution in [1.82, 2.24) is 0 Å². The fraction of sp³-hybridized carbons (Fsp3) is 0.500. The number of unbranched alkanes of at least 4 members (excludes halogenated alkanes) is 7. The van der Waals surface area contributed by atoms with E-state index < -0.39 is 23.3 Å². The van der Waals surface area contributed by atoms with Crippen LogP contribution >= 0.6 is 22.6 Å². The van der Waals surface area contributed by atoms with Crippen LogP contribution in [0.4, 0.5) is 4.39 Å². The highest BCUT2D eigenvalue weighted by Crippen LogP contribution is 2.44. The molecular formula is C28H34FIO5. The van der Waals surface area contributed by atoms with Gasteiger partial charge in [-0.3, -0.25) is 0 Å². The molecule has 0 fully saturated rings. The lowest BCUT2D eigenvalue weighted by Crippen LogP contribution is -2.29. The zero-order chi connectivity index (χ0) is 25.4. The summed E-state index contributed by atoms with van der Waals surface area (Å²) in [5.41, 5.74) is 0.284. The normalized spacial score (nSPS) is 15.1. The summed E-state index contributed by atoms with van der Waals surface area (Å²) in [6.07, 6.45) is 10.1. The van der Waals surface area contributed by atoms with Gasteiger partial charge in [0.25, 0.3) is 0 Å². The standard InChI is InChI=1S/C28H34FIO5/c1-4-6-7-8-9-10-11-12-16-21-25(30)26-24(28(32)35-21)23(19-14-13-15-20(29)17-19)22(18(3)34-26)27(31)33-5-2/h13-15,17,23H,4-12,16H2,1-3H3. The van der Waals surface area contributed by atoms with Crippen molar-refractivity contribution in [3.8, 4) is 5.75 Å². The molecule has 5 nitrogen and oxygen atoms in total. The number of aryl methyl sites for hydroxylation is 1. The molecule has 0 bridgehead atoms. The quantitative estimate of drug-likeness (QED) is 0.145. The van der Waals surface area contributed by atoms with Crippen LogP contribution in [0.1, 0.15) is 94.9 Å². The number of allylic oxidation sites excluding steroid dienone is 1. The van der Waals surface area contributed by atoms with Gasteiger partial charge in [-0.25, -0.2) is 14.0 Å². The van der Waals surface area contributed by atoms with Gasteiger partial charge in [0, 0.05) is 6.42 Å². The Labute approximate surface area is 220 Å². The number of carbonyl (C=O) groups is 1. The number of hydrogen-bond donors (Lipinski definition) is 0. The molecule has 190 valence electrons. The van der Waals surface area contributed by atoms with Gasteiger partial charge in [0.15, 0.2) is 5.75 Å². The van der Waals surface area contributed by atoms with Gasteiger partial charge in [-0.1, -0.05) is 64.0 Å². The van der Waals surface area contributed by atoms with Crippen LogP contribution in [-0.4, -0.2) is 12.6 Å². The largest absolute Gasteiger partial charge is 0.463 e. The van der Waals surface area contributed by atoms with E-state index >= 15 is 0 Å². The van der Waals surface area contributed by atoms with Crippen molar-refractivity contribution in [2.45, 2.75) is 84.5 Å². The first-order valence-electron chi connectivity index (χ1n) is 12.6. The molecule has 0 saturated heterocycles. The summed E-state index contributed by atoms with van der Waals surface area (Å²) in [5, 5.41) is 0. The minimum absolute atomic E-state index is 0.169. The molecule has 0 spiro atoms. The predicted molar refractivity (Wildman–Crippen MR) is 142 cm³/mol. The van der Waals surface area contributed by atoms with Crippen molar-refractivity contribution >= 4 is 28.6 Å². The average molecular weight is 596 g/mol. The highest BCUT2D eigenvalue weighted by Gasteiger charge is 2.39. The number of ether oxygens (including phenoxy) is 2. The van der Waals surface area contributed by atoms with Gasteiger partial charge in [0.2, 0.25) is 0 Å². The fourth-order valence-corrected chi connectivity index (χ4v) is 5.30. The molecule has 1 aliphatic heterocycles. The van der Waals surface area contributed by atoms with E-state index in [1.807, 2.05) is 0 Å². The van der Waals surface area contributed by atoms with E-state index in [4.69, 9.17) is 13.9 Å². The topological polar surface area (TPSA) is 65.7 Å². The summed E-state index contributed by atoms with van der Waals surface area (Å²) in [4.78, 5) is 26.1. The maximum atomic E-state index is 14.1. The molecule has 1 unspecified atom stereocenters. The van der Waals surface area contributed by atoms with Crippen LogP contribution in [-0.2, 0) is 16.0 Å². The molecule has 7 heteroatoms. The smallest absolute Gasteiger partial charge is 0.343 e. The Morgan fingerprint density at radius 3 is 2.43 bits per heavy atom. The van der Waals surface area contributed by atoms with E-state index in [-0.39, 0.29) is 17.7 Å². The predicted octanol–water partition coefficient (Wildman–Crippen LogP) is 7.43. The van der Waals surface area contributed by atoms with Crippen molar-refractivity contribution in [3.05, 3.63) is 72.3 Å². The number of benzene rings is 1. The maximum Gasteiger partial charge on any atom is 0.343 e. The Bertz CT molecular complexity index is 1120. The zero-order valence-electron chi connectivity index (χ0n) is 20.8. The van der Waals surface area contributed by atoms with Crippen LogP contribution in [0.5, 0.6) is 5.75 Å². The van der Waals surface area contributed by atoms with Crippen molar-refractivity contribution < 1.29 is 23.1 Å². The van der Waals surface area contributed by atoms with Crippen LogP contribution in [0.25, 0.3) is 0 Å². The molecule has 0 aliphatic carbocycles. The van der Waals surface area contributed by atoms with Crippen molar-refractivity contribution in [3.63, 3.8) is 0 Å². The van der Waals surface area contributed by atoms with E-state index in [0.29, 0.717) is 32.8 Å². The van der Waals surface area contributed by atoms with Crippen LogP contribution in [0.2, 0.25) is 0 Å². The van der Waals surface area contributed by atoms with Crippen LogP contribution in [0.15, 0.2) is 44.8 Å². The van der Waals surface area contributed by atoms with Gasteiger partial charge < -0.3 is 13.9 Å². The molecule has 1 aromatic carbocycles. The fourth-order valence-electron chi connectivity index (χ4n) is 4.52. The third-order valence-corrected chi connectivity index (χ3v) is 7.36. The Morgan fingerprint density at radius 2 is 1.77 bits per heavy atom. The minimum Gasteiger partial charge on any atom is -0.463 e. The summed E-state index contributed by atoms with van der Waals surface area (Å²) in [5.74, 6) is -0.576. The van der Waals surface area contributed by atoms with Crippen molar-refractivity contribution in [2.24, 2.45) is 0 Å². The highest BCUT2D eigenvalue weighted by atomic mass is 127. The van der Waals surface area contributed by atoms with E-state index in [2.05, 4.69) is 29.5 Å². The average Bonchev–Trinajstić information content (AvgIpc) is 2.83. The summed E-state index contributed by atoms with van der Waals surface area (Å²) in [6, 6.07) is 5.90. The first kappa shape index (κ1) is 27.4. The number of hydrogen-bond acceptors (Lipinski definition) is 5. The summed E-state index contributed by atoms with van der Waals surface area (Å²) in [7, 11) is 0. The summed E-state index contributed by atoms with van der Waals surface area (Å²) >= 11 is 2.14. The molecule has 2 aromatic rings. The Kier molecular flexibility index (Phi) is 10.4. The second-order valence-corrected chi connectivity index (χ2v) is 9.95. The van der Waals surface area contributed by atoms with Crippen molar-refractivity contribution in [1.29, 1.82) is 0 Å². The first-order chi connectivity index (χ1) is 16.9. The van der Waals surface area contributed by atoms with Gasteiger partial charge >= 0.3 is 11.6 Å². The lowest BCUT2D eigenvalue weighted by molar-refractivity contribution is -0.139. The lowest BCUT2D eigenvalue weighted by atomic mass is 9.83. The molecular weight excluding hydrogens is 562 g/mol. The Morgan fingerprint density at radius 1 is 1.09 bits per heavy atom. The molecule has 2 heterocycles. The molecule has 0 amide bonds. The van der Waals surface area contributed by atoms with Crippen LogP contribution < -0.4 is 10.4 Å². The molecule has 3 rings (SSSR count). The van der Waals surface area contributed by atoms with Crippen LogP contribution in [0, 0.1) is 9.39 Å². The van der Waals surface area contributed by atoms with E-state index in [1.54, 1.807) is 26.0 Å². The molecule has 1 atom stereocenters. The monoisotopic (exact) mass is 596 g/mol. The second kappa shape index (κ2) is 13.2. The molecule has 0 N–H and O–H groups in total. The molecule has 35 heavy (non-hydrogen) atoms. The number of rotatable bonds is 12. The minimum atomic E-state index is -0.838. The Balaban J connectivity index is 1.89. The van der Waals surface area contributed by atoms with Crippen molar-refractivity contribution in [2.75, 3.05) is 6.61 Å². The van der Waals surface area contributed by atoms with Gasteiger partial charge in [0.1, 0.15) is 17.3 Å². The first-order valence-corrected chi connectivity index (χ1v) is 13.6. The van der Waals surface area contributed by atoms with E-state index in [0.717, 1.165) is 12.8 Å².